The summed E-state index contributed by atoms with van der Waals surface area (Å²) in [7, 11) is 0. The van der Waals surface area contributed by atoms with Crippen molar-refractivity contribution in [3.8, 4) is 0 Å². The molecule has 0 bridgehead atoms. The van der Waals surface area contributed by atoms with E-state index in [4.69, 9.17) is 4.74 Å². The first-order valence-electron chi connectivity index (χ1n) is 6.46. The maximum atomic E-state index is 11.4. The molecule has 1 aromatic carbocycles. The van der Waals surface area contributed by atoms with E-state index in [-0.39, 0.29) is 18.4 Å². The summed E-state index contributed by atoms with van der Waals surface area (Å²) in [6, 6.07) is 6.78. The van der Waals surface area contributed by atoms with Crippen LogP contribution in [0.15, 0.2) is 36.4 Å². The molecule has 5 nitrogen and oxygen atoms in total. The maximum Gasteiger partial charge on any atom is 0.308 e. The van der Waals surface area contributed by atoms with E-state index in [0.717, 1.165) is 12.0 Å². The fraction of sp³-hybridized carbons (Fsp3) is 0.333. The SMILES string of the molecule is C[C@@H](O)/C=C/[C@H]1OC(=O)C[C@H]1Nc1ccc(C=O)cc1. The Bertz CT molecular complexity index is 507. The summed E-state index contributed by atoms with van der Waals surface area (Å²) < 4.78 is 5.19. The van der Waals surface area contributed by atoms with Gasteiger partial charge in [-0.2, -0.15) is 0 Å². The molecule has 5 heteroatoms. The molecule has 0 amide bonds. The first-order chi connectivity index (χ1) is 9.58. The van der Waals surface area contributed by atoms with Crippen LogP contribution >= 0.6 is 0 Å². The zero-order chi connectivity index (χ0) is 14.5. The predicted molar refractivity (Wildman–Crippen MR) is 74.6 cm³/mol. The molecule has 0 saturated carbocycles. The van der Waals surface area contributed by atoms with Crippen LogP contribution in [-0.4, -0.2) is 35.6 Å². The number of carbonyl (C=O) groups is 2. The van der Waals surface area contributed by atoms with E-state index in [1.807, 2.05) is 0 Å². The average molecular weight is 275 g/mol. The van der Waals surface area contributed by atoms with Gasteiger partial charge in [-0.15, -0.1) is 0 Å². The number of hydrogen-bond donors (Lipinski definition) is 2. The molecule has 3 atom stereocenters. The van der Waals surface area contributed by atoms with Crippen LogP contribution in [0.25, 0.3) is 0 Å². The van der Waals surface area contributed by atoms with Gasteiger partial charge in [-0.05, 0) is 37.3 Å². The highest BCUT2D eigenvalue weighted by Gasteiger charge is 2.32. The molecular weight excluding hydrogens is 258 g/mol. The van der Waals surface area contributed by atoms with Crippen molar-refractivity contribution in [2.75, 3.05) is 5.32 Å². The average Bonchev–Trinajstić information content (AvgIpc) is 2.77. The first kappa shape index (κ1) is 14.3. The molecule has 1 aliphatic heterocycles. The highest BCUT2D eigenvalue weighted by Crippen LogP contribution is 2.21. The number of hydrogen-bond acceptors (Lipinski definition) is 5. The molecule has 20 heavy (non-hydrogen) atoms. The van der Waals surface area contributed by atoms with E-state index in [9.17, 15) is 14.7 Å². The number of rotatable bonds is 5. The Kier molecular flexibility index (Phi) is 4.53. The molecular formula is C15H17NO4. The Morgan fingerprint density at radius 1 is 1.40 bits per heavy atom. The van der Waals surface area contributed by atoms with E-state index < -0.39 is 12.2 Å². The van der Waals surface area contributed by atoms with Crippen molar-refractivity contribution in [1.29, 1.82) is 0 Å². The lowest BCUT2D eigenvalue weighted by molar-refractivity contribution is -0.140. The molecule has 1 saturated heterocycles. The molecule has 0 spiro atoms. The Morgan fingerprint density at radius 3 is 2.70 bits per heavy atom. The number of nitrogens with one attached hydrogen (secondary N) is 1. The van der Waals surface area contributed by atoms with Gasteiger partial charge in [0.15, 0.2) is 0 Å². The Labute approximate surface area is 117 Å². The van der Waals surface area contributed by atoms with Gasteiger partial charge in [0.05, 0.1) is 18.6 Å². The summed E-state index contributed by atoms with van der Waals surface area (Å²) in [6.07, 6.45) is 3.34. The van der Waals surface area contributed by atoms with Crippen molar-refractivity contribution in [3.63, 3.8) is 0 Å². The van der Waals surface area contributed by atoms with Crippen molar-refractivity contribution in [2.45, 2.75) is 31.6 Å². The molecule has 106 valence electrons. The standard InChI is InChI=1S/C15H17NO4/c1-10(18)2-7-14-13(8-15(19)20-14)16-12-5-3-11(9-17)4-6-12/h2-7,9-10,13-14,16,18H,8H2,1H3/b7-2+/t10-,13-,14-/m1/s1. The van der Waals surface area contributed by atoms with Gasteiger partial charge in [0.1, 0.15) is 12.4 Å². The lowest BCUT2D eigenvalue weighted by Crippen LogP contribution is -2.27. The van der Waals surface area contributed by atoms with Crippen molar-refractivity contribution in [2.24, 2.45) is 0 Å². The van der Waals surface area contributed by atoms with Gasteiger partial charge in [0, 0.05) is 11.3 Å². The molecule has 1 fully saturated rings. The van der Waals surface area contributed by atoms with Gasteiger partial charge < -0.3 is 15.2 Å². The fourth-order valence-corrected chi connectivity index (χ4v) is 2.03. The van der Waals surface area contributed by atoms with E-state index in [1.54, 1.807) is 43.3 Å². The van der Waals surface area contributed by atoms with E-state index >= 15 is 0 Å². The largest absolute Gasteiger partial charge is 0.456 e. The number of esters is 1. The lowest BCUT2D eigenvalue weighted by atomic mass is 10.1. The summed E-state index contributed by atoms with van der Waals surface area (Å²) in [5, 5.41) is 12.4. The number of aldehydes is 1. The summed E-state index contributed by atoms with van der Waals surface area (Å²) in [6.45, 7) is 1.63. The van der Waals surface area contributed by atoms with Gasteiger partial charge in [-0.3, -0.25) is 9.59 Å². The highest BCUT2D eigenvalue weighted by atomic mass is 16.6. The fourth-order valence-electron chi connectivity index (χ4n) is 2.03. The number of benzene rings is 1. The minimum atomic E-state index is -0.582. The quantitative estimate of drug-likeness (QED) is 0.484. The third-order valence-electron chi connectivity index (χ3n) is 3.03. The van der Waals surface area contributed by atoms with Crippen LogP contribution in [0.2, 0.25) is 0 Å². The second-order valence-electron chi connectivity index (χ2n) is 4.77. The van der Waals surface area contributed by atoms with Crippen molar-refractivity contribution in [1.82, 2.24) is 0 Å². The Balaban J connectivity index is 2.05. The predicted octanol–water partition coefficient (Wildman–Crippen LogP) is 1.53. The zero-order valence-corrected chi connectivity index (χ0v) is 11.2. The van der Waals surface area contributed by atoms with Crippen LogP contribution in [0, 0.1) is 0 Å². The molecule has 1 aliphatic rings. The van der Waals surface area contributed by atoms with Crippen LogP contribution in [-0.2, 0) is 9.53 Å². The molecule has 2 N–H and O–H groups in total. The minimum absolute atomic E-state index is 0.181. The van der Waals surface area contributed by atoms with Gasteiger partial charge in [-0.1, -0.05) is 6.08 Å². The molecule has 1 heterocycles. The number of ether oxygens (including phenoxy) is 1. The second-order valence-corrected chi connectivity index (χ2v) is 4.77. The number of aliphatic hydroxyl groups excluding tert-OH is 1. The van der Waals surface area contributed by atoms with E-state index in [1.165, 1.54) is 0 Å². The first-order valence-corrected chi connectivity index (χ1v) is 6.46. The van der Waals surface area contributed by atoms with Crippen LogP contribution in [0.5, 0.6) is 0 Å². The third kappa shape index (κ3) is 3.68. The monoisotopic (exact) mass is 275 g/mol. The highest BCUT2D eigenvalue weighted by molar-refractivity contribution is 5.76. The summed E-state index contributed by atoms with van der Waals surface area (Å²) in [5.41, 5.74) is 1.41. The lowest BCUT2D eigenvalue weighted by Gasteiger charge is -2.17. The van der Waals surface area contributed by atoms with Gasteiger partial charge in [-0.25, -0.2) is 0 Å². The normalized spacial score (nSPS) is 23.6. The summed E-state index contributed by atoms with van der Waals surface area (Å²) in [5.74, 6) is -0.271. The van der Waals surface area contributed by atoms with E-state index in [0.29, 0.717) is 5.56 Å². The number of aliphatic hydroxyl groups is 1. The molecule has 2 rings (SSSR count). The number of anilines is 1. The third-order valence-corrected chi connectivity index (χ3v) is 3.03. The van der Waals surface area contributed by atoms with Crippen LogP contribution < -0.4 is 5.32 Å². The van der Waals surface area contributed by atoms with E-state index in [2.05, 4.69) is 5.32 Å². The second kappa shape index (κ2) is 6.34. The van der Waals surface area contributed by atoms with Gasteiger partial charge >= 0.3 is 5.97 Å². The Hall–Kier alpha value is -2.14. The van der Waals surface area contributed by atoms with Gasteiger partial charge in [0.2, 0.25) is 0 Å². The number of carbonyl (C=O) groups excluding carboxylic acids is 2. The molecule has 0 radical (unpaired) electrons. The number of cyclic esters (lactones) is 1. The van der Waals surface area contributed by atoms with Crippen LogP contribution in [0.4, 0.5) is 5.69 Å². The topological polar surface area (TPSA) is 75.6 Å². The van der Waals surface area contributed by atoms with Crippen molar-refractivity contribution in [3.05, 3.63) is 42.0 Å². The smallest absolute Gasteiger partial charge is 0.308 e. The molecule has 1 aromatic rings. The summed E-state index contributed by atoms with van der Waals surface area (Å²) in [4.78, 5) is 22.0. The zero-order valence-electron chi connectivity index (χ0n) is 11.2. The minimum Gasteiger partial charge on any atom is -0.456 e. The van der Waals surface area contributed by atoms with Crippen LogP contribution in [0.1, 0.15) is 23.7 Å². The van der Waals surface area contributed by atoms with Crippen LogP contribution in [0.3, 0.4) is 0 Å². The van der Waals surface area contributed by atoms with Crippen molar-refractivity contribution < 1.29 is 19.4 Å². The molecule has 0 aromatic heterocycles. The maximum absolute atomic E-state index is 11.4. The van der Waals surface area contributed by atoms with Crippen molar-refractivity contribution >= 4 is 17.9 Å². The Morgan fingerprint density at radius 2 is 2.10 bits per heavy atom. The van der Waals surface area contributed by atoms with Gasteiger partial charge in [0.25, 0.3) is 0 Å². The molecule has 0 aliphatic carbocycles. The summed E-state index contributed by atoms with van der Waals surface area (Å²) >= 11 is 0. The molecule has 0 unspecified atom stereocenters.